The van der Waals surface area contributed by atoms with Gasteiger partial charge in [0, 0.05) is 13.1 Å². The molecule has 0 aromatic heterocycles. The third-order valence-electron chi connectivity index (χ3n) is 0.846. The van der Waals surface area contributed by atoms with Crippen molar-refractivity contribution in [1.82, 2.24) is 5.32 Å². The van der Waals surface area contributed by atoms with Crippen LogP contribution in [-0.4, -0.2) is 48.7 Å². The summed E-state index contributed by atoms with van der Waals surface area (Å²) in [4.78, 5) is 0. The zero-order valence-corrected chi connectivity index (χ0v) is 5.66. The molecule has 0 bridgehead atoms. The third-order valence-corrected chi connectivity index (χ3v) is 0.846. The highest BCUT2D eigenvalue weighted by Gasteiger charge is 1.93. The van der Waals surface area contributed by atoms with Crippen molar-refractivity contribution in [3.63, 3.8) is 0 Å². The number of rotatable bonds is 0. The highest BCUT2D eigenvalue weighted by Crippen LogP contribution is 1.76. The Bertz CT molecular complexity index is 54.0. The minimum atomic E-state index is -2.17. The second-order valence-corrected chi connectivity index (χ2v) is 1.71. The van der Waals surface area contributed by atoms with Gasteiger partial charge in [-0.15, -0.1) is 0 Å². The quantitative estimate of drug-likeness (QED) is 0.287. The first-order chi connectivity index (χ1) is 4.73. The van der Waals surface area contributed by atoms with Crippen LogP contribution in [-0.2, 0) is 4.74 Å². The van der Waals surface area contributed by atoms with Crippen LogP contribution in [0.25, 0.3) is 0 Å². The van der Waals surface area contributed by atoms with Gasteiger partial charge in [0.1, 0.15) is 0 Å². The molecule has 0 aliphatic carbocycles. The van der Waals surface area contributed by atoms with E-state index in [-0.39, 0.29) is 0 Å². The lowest BCUT2D eigenvalue weighted by Crippen LogP contribution is -2.30. The summed E-state index contributed by atoms with van der Waals surface area (Å²) in [5, 5.41) is 24.7. The zero-order chi connectivity index (χ0) is 7.82. The highest BCUT2D eigenvalue weighted by atomic mass is 16.5. The molecule has 0 spiro atoms. The molecule has 1 heterocycles. The molecular weight excluding hydrogens is 137 g/mol. The summed E-state index contributed by atoms with van der Waals surface area (Å²) >= 11 is 0. The minimum Gasteiger partial charge on any atom is -0.402 e. The number of ether oxygens (including phenoxy) is 1. The topological polar surface area (TPSA) is 82.0 Å². The van der Waals surface area contributed by atoms with E-state index < -0.39 is 7.32 Å². The van der Waals surface area contributed by atoms with Crippen LogP contribution in [0.5, 0.6) is 0 Å². The van der Waals surface area contributed by atoms with Crippen LogP contribution in [0.4, 0.5) is 0 Å². The molecule has 1 saturated heterocycles. The molecule has 0 aromatic rings. The van der Waals surface area contributed by atoms with Gasteiger partial charge < -0.3 is 25.1 Å². The number of hydrogen-bond donors (Lipinski definition) is 4. The average molecular weight is 149 g/mol. The van der Waals surface area contributed by atoms with Crippen LogP contribution in [0.3, 0.4) is 0 Å². The highest BCUT2D eigenvalue weighted by molar-refractivity contribution is 6.30. The standard InChI is InChI=1S/C4H9NO.BH3O3/c1-3-6-4-2-5-1;2-1(3)4/h5H,1-4H2;2-4H. The van der Waals surface area contributed by atoms with Crippen LogP contribution in [0.15, 0.2) is 0 Å². The molecule has 0 amide bonds. The zero-order valence-electron chi connectivity index (χ0n) is 5.66. The molecule has 0 aromatic carbocycles. The van der Waals surface area contributed by atoms with Gasteiger partial charge in [-0.1, -0.05) is 0 Å². The summed E-state index contributed by atoms with van der Waals surface area (Å²) < 4.78 is 5.01. The van der Waals surface area contributed by atoms with Crippen molar-refractivity contribution in [2.45, 2.75) is 0 Å². The Morgan fingerprint density at radius 2 is 1.50 bits per heavy atom. The minimum absolute atomic E-state index is 0.889. The first-order valence-corrected chi connectivity index (χ1v) is 3.06. The average Bonchev–Trinajstić information content (AvgIpc) is 1.90. The lowest BCUT2D eigenvalue weighted by atomic mass is 10.3. The smallest absolute Gasteiger partial charge is 0.402 e. The maximum Gasteiger partial charge on any atom is 0.631 e. The molecule has 1 rings (SSSR count). The van der Waals surface area contributed by atoms with Gasteiger partial charge in [-0.3, -0.25) is 0 Å². The Labute approximate surface area is 59.8 Å². The van der Waals surface area contributed by atoms with Crippen LogP contribution in [0.1, 0.15) is 0 Å². The van der Waals surface area contributed by atoms with E-state index >= 15 is 0 Å². The molecule has 1 aliphatic heterocycles. The second-order valence-electron chi connectivity index (χ2n) is 1.71. The Kier molecular flexibility index (Phi) is 6.88. The monoisotopic (exact) mass is 149 g/mol. The van der Waals surface area contributed by atoms with Crippen LogP contribution < -0.4 is 5.32 Å². The van der Waals surface area contributed by atoms with Crippen molar-refractivity contribution < 1.29 is 19.8 Å². The molecule has 0 radical (unpaired) electrons. The Morgan fingerprint density at radius 3 is 1.60 bits per heavy atom. The molecule has 6 heteroatoms. The van der Waals surface area contributed by atoms with E-state index in [4.69, 9.17) is 19.8 Å². The SMILES string of the molecule is C1COCCN1.OB(O)O. The molecule has 0 unspecified atom stereocenters. The lowest BCUT2D eigenvalue weighted by molar-refractivity contribution is 0.109. The van der Waals surface area contributed by atoms with E-state index in [1.165, 1.54) is 0 Å². The fraction of sp³-hybridized carbons (Fsp3) is 1.00. The maximum absolute atomic E-state index is 7.17. The third kappa shape index (κ3) is 10.8. The van der Waals surface area contributed by atoms with Gasteiger partial charge in [-0.25, -0.2) is 0 Å². The van der Waals surface area contributed by atoms with Gasteiger partial charge in [0.05, 0.1) is 13.2 Å². The summed E-state index contributed by atoms with van der Waals surface area (Å²) in [5.74, 6) is 0. The van der Waals surface area contributed by atoms with Crippen molar-refractivity contribution in [2.75, 3.05) is 26.3 Å². The van der Waals surface area contributed by atoms with E-state index in [2.05, 4.69) is 5.32 Å². The molecule has 0 atom stereocenters. The summed E-state index contributed by atoms with van der Waals surface area (Å²) in [6, 6.07) is 0. The van der Waals surface area contributed by atoms with Crippen molar-refractivity contribution in [2.24, 2.45) is 0 Å². The molecule has 0 saturated carbocycles. The summed E-state index contributed by atoms with van der Waals surface area (Å²) in [6.07, 6.45) is 0. The molecular formula is C4H12BNO4. The van der Waals surface area contributed by atoms with Gasteiger partial charge in [0.15, 0.2) is 0 Å². The van der Waals surface area contributed by atoms with Gasteiger partial charge >= 0.3 is 7.32 Å². The molecule has 1 fully saturated rings. The van der Waals surface area contributed by atoms with E-state index in [0.29, 0.717) is 0 Å². The van der Waals surface area contributed by atoms with Gasteiger partial charge in [0.25, 0.3) is 0 Å². The maximum atomic E-state index is 7.17. The van der Waals surface area contributed by atoms with E-state index in [1.807, 2.05) is 0 Å². The molecule has 1 aliphatic rings. The number of nitrogens with one attached hydrogen (secondary N) is 1. The van der Waals surface area contributed by atoms with Crippen LogP contribution in [0.2, 0.25) is 0 Å². The van der Waals surface area contributed by atoms with E-state index in [9.17, 15) is 0 Å². The predicted octanol–water partition coefficient (Wildman–Crippen LogP) is -2.45. The Morgan fingerprint density at radius 1 is 1.10 bits per heavy atom. The molecule has 60 valence electrons. The number of hydrogen-bond acceptors (Lipinski definition) is 5. The normalized spacial score (nSPS) is 17.1. The first-order valence-electron chi connectivity index (χ1n) is 3.06. The van der Waals surface area contributed by atoms with E-state index in [1.54, 1.807) is 0 Å². The molecule has 10 heavy (non-hydrogen) atoms. The van der Waals surface area contributed by atoms with Gasteiger partial charge in [0.2, 0.25) is 0 Å². The summed E-state index contributed by atoms with van der Waals surface area (Å²) in [5.41, 5.74) is 0. The predicted molar refractivity (Wildman–Crippen MR) is 36.1 cm³/mol. The van der Waals surface area contributed by atoms with Crippen molar-refractivity contribution >= 4 is 7.32 Å². The fourth-order valence-corrected chi connectivity index (χ4v) is 0.516. The fourth-order valence-electron chi connectivity index (χ4n) is 0.516. The van der Waals surface area contributed by atoms with Crippen LogP contribution >= 0.6 is 0 Å². The Hall–Kier alpha value is -0.135. The molecule has 5 nitrogen and oxygen atoms in total. The second kappa shape index (κ2) is 6.98. The van der Waals surface area contributed by atoms with Crippen molar-refractivity contribution in [3.8, 4) is 0 Å². The largest absolute Gasteiger partial charge is 0.631 e. The lowest BCUT2D eigenvalue weighted by Gasteiger charge is -2.10. The van der Waals surface area contributed by atoms with E-state index in [0.717, 1.165) is 26.3 Å². The van der Waals surface area contributed by atoms with Crippen molar-refractivity contribution in [1.29, 1.82) is 0 Å². The van der Waals surface area contributed by atoms with Gasteiger partial charge in [-0.05, 0) is 0 Å². The summed E-state index contributed by atoms with van der Waals surface area (Å²) in [7, 11) is -2.17. The molecule has 4 N–H and O–H groups in total. The van der Waals surface area contributed by atoms with Gasteiger partial charge in [-0.2, -0.15) is 0 Å². The van der Waals surface area contributed by atoms with Crippen LogP contribution in [0, 0.1) is 0 Å². The first kappa shape index (κ1) is 9.86. The van der Waals surface area contributed by atoms with Crippen molar-refractivity contribution in [3.05, 3.63) is 0 Å². The summed E-state index contributed by atoms with van der Waals surface area (Å²) in [6.45, 7) is 3.83. The number of morpholine rings is 1. The Balaban J connectivity index is 0.000000180.